The van der Waals surface area contributed by atoms with Crippen molar-refractivity contribution in [3.05, 3.63) is 24.0 Å². The van der Waals surface area contributed by atoms with Gasteiger partial charge in [-0.1, -0.05) is 0 Å². The summed E-state index contributed by atoms with van der Waals surface area (Å²) < 4.78 is 0. The van der Waals surface area contributed by atoms with E-state index in [2.05, 4.69) is 4.98 Å². The molecule has 15 heavy (non-hydrogen) atoms. The van der Waals surface area contributed by atoms with E-state index in [0.29, 0.717) is 5.69 Å². The van der Waals surface area contributed by atoms with Crippen LogP contribution in [0.5, 0.6) is 0 Å². The molecule has 0 N–H and O–H groups in total. The summed E-state index contributed by atoms with van der Waals surface area (Å²) in [6, 6.07) is 9.04. The highest BCUT2D eigenvalue weighted by Crippen LogP contribution is 2.13. The highest BCUT2D eigenvalue weighted by atomic mass is 15.1. The second kappa shape index (κ2) is 5.21. The molecule has 0 aliphatic carbocycles. The smallest absolute Gasteiger partial charge is 0.142 e. The number of hydrogen-bond acceptors (Lipinski definition) is 5. The number of aromatic nitrogens is 1. The first kappa shape index (κ1) is 10.5. The van der Waals surface area contributed by atoms with Gasteiger partial charge in [0.2, 0.25) is 0 Å². The summed E-state index contributed by atoms with van der Waals surface area (Å²) in [5, 5.41) is 25.8. The molecule has 0 aliphatic rings. The van der Waals surface area contributed by atoms with Crippen LogP contribution in [0.1, 0.15) is 5.69 Å². The van der Waals surface area contributed by atoms with Crippen LogP contribution < -0.4 is 4.90 Å². The van der Waals surface area contributed by atoms with Crippen LogP contribution in [0, 0.1) is 34.0 Å². The van der Waals surface area contributed by atoms with Crippen LogP contribution in [0.25, 0.3) is 0 Å². The number of anilines is 1. The minimum absolute atomic E-state index is 0.114. The van der Waals surface area contributed by atoms with Crippen LogP contribution in [-0.4, -0.2) is 18.1 Å². The molecule has 0 aromatic carbocycles. The zero-order valence-electron chi connectivity index (χ0n) is 7.88. The summed E-state index contributed by atoms with van der Waals surface area (Å²) in [5.74, 6) is 0. The van der Waals surface area contributed by atoms with E-state index in [4.69, 9.17) is 15.8 Å². The molecule has 0 bridgehead atoms. The Morgan fingerprint density at radius 1 is 1.20 bits per heavy atom. The first-order valence-corrected chi connectivity index (χ1v) is 4.17. The van der Waals surface area contributed by atoms with Crippen LogP contribution >= 0.6 is 0 Å². The Kier molecular flexibility index (Phi) is 3.65. The maximum absolute atomic E-state index is 8.64. The molecule has 1 aromatic rings. The third-order valence-electron chi connectivity index (χ3n) is 1.75. The first-order chi connectivity index (χ1) is 7.31. The largest absolute Gasteiger partial charge is 0.345 e. The lowest BCUT2D eigenvalue weighted by atomic mass is 10.3. The topological polar surface area (TPSA) is 87.5 Å². The van der Waals surface area contributed by atoms with Gasteiger partial charge in [0.15, 0.2) is 0 Å². The normalized spacial score (nSPS) is 8.33. The van der Waals surface area contributed by atoms with Crippen LogP contribution in [-0.2, 0) is 0 Å². The second-order valence-corrected chi connectivity index (χ2v) is 2.68. The highest BCUT2D eigenvalue weighted by Gasteiger charge is 2.05. The van der Waals surface area contributed by atoms with Crippen LogP contribution in [0.15, 0.2) is 18.3 Å². The molecule has 0 spiro atoms. The van der Waals surface area contributed by atoms with Gasteiger partial charge in [-0.3, -0.25) is 0 Å². The molecular weight excluding hydrogens is 190 g/mol. The van der Waals surface area contributed by atoms with Crippen LogP contribution in [0.2, 0.25) is 0 Å². The number of nitrogens with zero attached hydrogens (tertiary/aromatic N) is 5. The molecule has 0 atom stereocenters. The monoisotopic (exact) mass is 197 g/mol. The molecule has 5 heteroatoms. The average Bonchev–Trinajstić information content (AvgIpc) is 2.29. The minimum Gasteiger partial charge on any atom is -0.345 e. The predicted octanol–water partition coefficient (Wildman–Crippen LogP) is 0.807. The van der Waals surface area contributed by atoms with Crippen molar-refractivity contribution in [2.45, 2.75) is 0 Å². The lowest BCUT2D eigenvalue weighted by Crippen LogP contribution is -2.23. The summed E-state index contributed by atoms with van der Waals surface area (Å²) in [6.07, 6.45) is 1.48. The minimum atomic E-state index is 0.114. The molecule has 1 heterocycles. The SMILES string of the molecule is N#CCN(CC#N)c1ccnc(C#N)c1. The lowest BCUT2D eigenvalue weighted by Gasteiger charge is -2.17. The van der Waals surface area contributed by atoms with E-state index in [1.165, 1.54) is 6.20 Å². The van der Waals surface area contributed by atoms with Gasteiger partial charge in [-0.2, -0.15) is 15.8 Å². The fraction of sp³-hybridized carbons (Fsp3) is 0.200. The number of rotatable bonds is 3. The molecule has 72 valence electrons. The molecule has 5 nitrogen and oxygen atoms in total. The van der Waals surface area contributed by atoms with Gasteiger partial charge in [0.25, 0.3) is 0 Å². The van der Waals surface area contributed by atoms with Crippen molar-refractivity contribution in [3.8, 4) is 18.2 Å². The van der Waals surface area contributed by atoms with E-state index in [1.807, 2.05) is 18.2 Å². The molecular formula is C10H7N5. The highest BCUT2D eigenvalue weighted by molar-refractivity contribution is 5.50. The fourth-order valence-electron chi connectivity index (χ4n) is 1.09. The summed E-state index contributed by atoms with van der Waals surface area (Å²) in [7, 11) is 0. The van der Waals surface area contributed by atoms with Crippen molar-refractivity contribution >= 4 is 5.69 Å². The van der Waals surface area contributed by atoms with Crippen LogP contribution in [0.3, 0.4) is 0 Å². The number of nitriles is 3. The molecule has 0 unspecified atom stereocenters. The fourth-order valence-corrected chi connectivity index (χ4v) is 1.09. The molecule has 1 rings (SSSR count). The third kappa shape index (κ3) is 2.69. The molecule has 0 saturated carbocycles. The van der Waals surface area contributed by atoms with E-state index in [0.717, 1.165) is 0 Å². The predicted molar refractivity (Wildman–Crippen MR) is 52.4 cm³/mol. The first-order valence-electron chi connectivity index (χ1n) is 4.17. The Hall–Kier alpha value is -2.58. The van der Waals surface area contributed by atoms with Gasteiger partial charge in [0.1, 0.15) is 24.9 Å². The number of hydrogen-bond donors (Lipinski definition) is 0. The molecule has 0 saturated heterocycles. The van der Waals surface area contributed by atoms with Crippen molar-refractivity contribution in [2.75, 3.05) is 18.0 Å². The Balaban J connectivity index is 2.97. The van der Waals surface area contributed by atoms with Crippen molar-refractivity contribution < 1.29 is 0 Å². The third-order valence-corrected chi connectivity index (χ3v) is 1.75. The zero-order chi connectivity index (χ0) is 11.1. The summed E-state index contributed by atoms with van der Waals surface area (Å²) in [6.45, 7) is 0.227. The molecule has 0 fully saturated rings. The van der Waals surface area contributed by atoms with Gasteiger partial charge < -0.3 is 4.90 Å². The van der Waals surface area contributed by atoms with Crippen molar-refractivity contribution in [2.24, 2.45) is 0 Å². The maximum Gasteiger partial charge on any atom is 0.142 e. The summed E-state index contributed by atoms with van der Waals surface area (Å²) >= 11 is 0. The van der Waals surface area contributed by atoms with E-state index in [-0.39, 0.29) is 18.8 Å². The lowest BCUT2D eigenvalue weighted by molar-refractivity contribution is 0.962. The standard InChI is InChI=1S/C10H7N5/c11-2-5-15(6-3-12)10-1-4-14-9(7-10)8-13/h1,4,7H,5-6H2. The molecule has 0 aliphatic heterocycles. The van der Waals surface area contributed by atoms with Crippen LogP contribution in [0.4, 0.5) is 5.69 Å². The summed E-state index contributed by atoms with van der Waals surface area (Å²) in [4.78, 5) is 5.38. The molecule has 1 aromatic heterocycles. The molecule has 0 amide bonds. The van der Waals surface area contributed by atoms with E-state index >= 15 is 0 Å². The Labute approximate surface area is 87.4 Å². The second-order valence-electron chi connectivity index (χ2n) is 2.68. The average molecular weight is 197 g/mol. The van der Waals surface area contributed by atoms with Crippen molar-refractivity contribution in [1.29, 1.82) is 15.8 Å². The Bertz CT molecular complexity index is 444. The van der Waals surface area contributed by atoms with Gasteiger partial charge in [-0.05, 0) is 12.1 Å². The van der Waals surface area contributed by atoms with Crippen molar-refractivity contribution in [1.82, 2.24) is 4.98 Å². The van der Waals surface area contributed by atoms with Gasteiger partial charge in [-0.25, -0.2) is 4.98 Å². The van der Waals surface area contributed by atoms with E-state index < -0.39 is 0 Å². The van der Waals surface area contributed by atoms with Gasteiger partial charge in [-0.15, -0.1) is 0 Å². The van der Waals surface area contributed by atoms with E-state index in [1.54, 1.807) is 17.0 Å². The Morgan fingerprint density at radius 3 is 2.40 bits per heavy atom. The van der Waals surface area contributed by atoms with Crippen molar-refractivity contribution in [3.63, 3.8) is 0 Å². The maximum atomic E-state index is 8.64. The number of pyridine rings is 1. The zero-order valence-corrected chi connectivity index (χ0v) is 7.88. The summed E-state index contributed by atoms with van der Waals surface area (Å²) in [5.41, 5.74) is 0.929. The quantitative estimate of drug-likeness (QED) is 0.669. The van der Waals surface area contributed by atoms with Gasteiger partial charge in [0.05, 0.1) is 12.1 Å². The molecule has 0 radical (unpaired) electrons. The Morgan fingerprint density at radius 2 is 1.87 bits per heavy atom. The van der Waals surface area contributed by atoms with Gasteiger partial charge >= 0.3 is 0 Å². The van der Waals surface area contributed by atoms with E-state index in [9.17, 15) is 0 Å². The van der Waals surface area contributed by atoms with Gasteiger partial charge in [0, 0.05) is 11.9 Å².